The smallest absolute Gasteiger partial charge is 0.139 e. The van der Waals surface area contributed by atoms with E-state index in [1.807, 2.05) is 0 Å². The summed E-state index contributed by atoms with van der Waals surface area (Å²) in [4.78, 5) is 0. The highest BCUT2D eigenvalue weighted by molar-refractivity contribution is 6.23. The fourth-order valence-corrected chi connectivity index (χ4v) is 9.11. The van der Waals surface area contributed by atoms with E-state index in [4.69, 9.17) is 4.42 Å². The Morgan fingerprint density at radius 3 is 1.57 bits per heavy atom. The van der Waals surface area contributed by atoms with Gasteiger partial charge in [-0.3, -0.25) is 0 Å². The van der Waals surface area contributed by atoms with Crippen molar-refractivity contribution in [2.24, 2.45) is 0 Å². The van der Waals surface area contributed by atoms with Crippen LogP contribution in [0.5, 0.6) is 0 Å². The molecule has 0 bridgehead atoms. The van der Waals surface area contributed by atoms with Crippen molar-refractivity contribution in [3.8, 4) is 44.7 Å². The van der Waals surface area contributed by atoms with Crippen molar-refractivity contribution in [3.63, 3.8) is 0 Å². The molecule has 0 fully saturated rings. The Balaban J connectivity index is 1.36. The lowest BCUT2D eigenvalue weighted by Gasteiger charge is -2.29. The van der Waals surface area contributed by atoms with E-state index >= 15 is 0 Å². The average Bonchev–Trinajstić information content (AvgIpc) is 3.71. The second kappa shape index (κ2) is 9.44. The van der Waals surface area contributed by atoms with Crippen LogP contribution >= 0.6 is 0 Å². The monoisotopic (exact) mass is 600 g/mol. The molecular formula is C46H32O. The SMILES string of the molecule is Cc1cc(C)cc(-c2c3ccccc3c(-c3cccc4c3-c3ccccc3C43c4ccccc4-c4oc(C)cc43)c3ccccc23)c1. The van der Waals surface area contributed by atoms with Gasteiger partial charge in [-0.25, -0.2) is 0 Å². The zero-order valence-electron chi connectivity index (χ0n) is 26.7. The summed E-state index contributed by atoms with van der Waals surface area (Å²) < 4.78 is 6.47. The molecule has 0 aliphatic heterocycles. The molecule has 2 aliphatic rings. The predicted octanol–water partition coefficient (Wildman–Crippen LogP) is 12.2. The zero-order valence-corrected chi connectivity index (χ0v) is 26.7. The molecule has 0 N–H and O–H groups in total. The molecular weight excluding hydrogens is 569 g/mol. The van der Waals surface area contributed by atoms with Crippen LogP contribution in [0, 0.1) is 20.8 Å². The van der Waals surface area contributed by atoms with Gasteiger partial charge in [-0.1, -0.05) is 145 Å². The van der Waals surface area contributed by atoms with Gasteiger partial charge in [-0.2, -0.15) is 0 Å². The van der Waals surface area contributed by atoms with Crippen LogP contribution in [0.3, 0.4) is 0 Å². The first-order chi connectivity index (χ1) is 23.1. The van der Waals surface area contributed by atoms with Gasteiger partial charge in [0.15, 0.2) is 0 Å². The van der Waals surface area contributed by atoms with Gasteiger partial charge in [0, 0.05) is 11.1 Å². The molecule has 2 aliphatic carbocycles. The van der Waals surface area contributed by atoms with E-state index in [-0.39, 0.29) is 0 Å². The predicted molar refractivity (Wildman–Crippen MR) is 195 cm³/mol. The van der Waals surface area contributed by atoms with Crippen molar-refractivity contribution in [1.82, 2.24) is 0 Å². The Labute approximate surface area is 274 Å². The molecule has 1 atom stereocenters. The summed E-state index contributed by atoms with van der Waals surface area (Å²) in [5.41, 5.74) is 16.3. The van der Waals surface area contributed by atoms with E-state index < -0.39 is 5.41 Å². The van der Waals surface area contributed by atoms with Crippen molar-refractivity contribution in [2.75, 3.05) is 0 Å². The van der Waals surface area contributed by atoms with Crippen LogP contribution < -0.4 is 0 Å². The highest BCUT2D eigenvalue weighted by Gasteiger charge is 2.53. The van der Waals surface area contributed by atoms with Crippen LogP contribution in [0.15, 0.2) is 144 Å². The number of hydrogen-bond donors (Lipinski definition) is 0. The van der Waals surface area contributed by atoms with E-state index in [1.165, 1.54) is 93.9 Å². The summed E-state index contributed by atoms with van der Waals surface area (Å²) in [7, 11) is 0. The summed E-state index contributed by atoms with van der Waals surface area (Å²) in [5.74, 6) is 1.95. The van der Waals surface area contributed by atoms with Crippen molar-refractivity contribution < 1.29 is 4.42 Å². The molecule has 47 heavy (non-hydrogen) atoms. The van der Waals surface area contributed by atoms with Crippen LogP contribution in [0.25, 0.3) is 66.2 Å². The minimum atomic E-state index is -0.434. The summed E-state index contributed by atoms with van der Waals surface area (Å²) in [6.45, 7) is 6.47. The molecule has 1 heteroatoms. The fourth-order valence-electron chi connectivity index (χ4n) is 9.11. The molecule has 7 aromatic carbocycles. The maximum Gasteiger partial charge on any atom is 0.139 e. The molecule has 1 heterocycles. The lowest BCUT2D eigenvalue weighted by molar-refractivity contribution is 0.548. The number of benzene rings is 7. The van der Waals surface area contributed by atoms with Gasteiger partial charge in [-0.05, 0) is 98.5 Å². The average molecular weight is 601 g/mol. The zero-order chi connectivity index (χ0) is 31.4. The Morgan fingerprint density at radius 2 is 0.915 bits per heavy atom. The standard InChI is InChI=1S/C46H32O/c1-27-23-28(2)25-30(24-27)42-31-13-4-6-15-33(31)43(34-16-7-5-14-32(34)42)37-19-12-22-40-44(37)35-17-8-10-20-38(35)46(40)39-21-11-9-18-36(39)45-41(46)26-29(3)47-45/h4-26H,1-3H3. The Morgan fingerprint density at radius 1 is 0.404 bits per heavy atom. The van der Waals surface area contributed by atoms with Gasteiger partial charge in [0.1, 0.15) is 11.5 Å². The molecule has 222 valence electrons. The summed E-state index contributed by atoms with van der Waals surface area (Å²) in [6, 6.07) is 52.1. The van der Waals surface area contributed by atoms with Gasteiger partial charge < -0.3 is 4.42 Å². The highest BCUT2D eigenvalue weighted by Crippen LogP contribution is 2.65. The molecule has 1 unspecified atom stereocenters. The number of fused-ring (bicyclic) bond motifs is 12. The maximum atomic E-state index is 6.47. The topological polar surface area (TPSA) is 13.1 Å². The minimum Gasteiger partial charge on any atom is -0.461 e. The van der Waals surface area contributed by atoms with Crippen molar-refractivity contribution in [2.45, 2.75) is 26.2 Å². The summed E-state index contributed by atoms with van der Waals surface area (Å²) in [5, 5.41) is 5.12. The fraction of sp³-hybridized carbons (Fsp3) is 0.0870. The number of aryl methyl sites for hydroxylation is 3. The van der Waals surface area contributed by atoms with Gasteiger partial charge >= 0.3 is 0 Å². The third kappa shape index (κ3) is 3.39. The first kappa shape index (κ1) is 26.5. The second-order valence-corrected chi connectivity index (χ2v) is 13.4. The van der Waals surface area contributed by atoms with Crippen LogP contribution in [0.4, 0.5) is 0 Å². The Kier molecular flexibility index (Phi) is 5.33. The largest absolute Gasteiger partial charge is 0.461 e. The van der Waals surface area contributed by atoms with E-state index in [9.17, 15) is 0 Å². The Bertz CT molecular complexity index is 2540. The lowest BCUT2D eigenvalue weighted by Crippen LogP contribution is -2.25. The van der Waals surface area contributed by atoms with E-state index in [0.717, 1.165) is 11.5 Å². The van der Waals surface area contributed by atoms with Gasteiger partial charge in [-0.15, -0.1) is 0 Å². The van der Waals surface area contributed by atoms with E-state index in [0.29, 0.717) is 0 Å². The third-order valence-electron chi connectivity index (χ3n) is 10.6. The number of furan rings is 1. The van der Waals surface area contributed by atoms with E-state index in [1.54, 1.807) is 0 Å². The Hall–Kier alpha value is -5.66. The van der Waals surface area contributed by atoms with Gasteiger partial charge in [0.2, 0.25) is 0 Å². The minimum absolute atomic E-state index is 0.434. The van der Waals surface area contributed by atoms with Crippen molar-refractivity contribution in [3.05, 3.63) is 179 Å². The summed E-state index contributed by atoms with van der Waals surface area (Å²) in [6.07, 6.45) is 0. The van der Waals surface area contributed by atoms with E-state index in [2.05, 4.69) is 160 Å². The van der Waals surface area contributed by atoms with Crippen LogP contribution in [0.2, 0.25) is 0 Å². The number of rotatable bonds is 2. The first-order valence-electron chi connectivity index (χ1n) is 16.5. The third-order valence-corrected chi connectivity index (χ3v) is 10.6. The van der Waals surface area contributed by atoms with Gasteiger partial charge in [0.05, 0.1) is 5.41 Å². The molecule has 1 spiro atoms. The molecule has 0 saturated carbocycles. The molecule has 8 aromatic rings. The van der Waals surface area contributed by atoms with Gasteiger partial charge in [0.25, 0.3) is 0 Å². The molecule has 0 saturated heterocycles. The quantitative estimate of drug-likeness (QED) is 0.180. The molecule has 0 amide bonds. The summed E-state index contributed by atoms with van der Waals surface area (Å²) >= 11 is 0. The van der Waals surface area contributed by atoms with Crippen LogP contribution in [0.1, 0.15) is 39.1 Å². The lowest BCUT2D eigenvalue weighted by atomic mass is 9.70. The van der Waals surface area contributed by atoms with Crippen LogP contribution in [-0.2, 0) is 5.41 Å². The van der Waals surface area contributed by atoms with Crippen molar-refractivity contribution in [1.29, 1.82) is 0 Å². The molecule has 1 nitrogen and oxygen atoms in total. The number of hydrogen-bond acceptors (Lipinski definition) is 1. The maximum absolute atomic E-state index is 6.47. The molecule has 1 aromatic heterocycles. The first-order valence-corrected chi connectivity index (χ1v) is 16.5. The van der Waals surface area contributed by atoms with Crippen LogP contribution in [-0.4, -0.2) is 0 Å². The normalized spacial score (nSPS) is 15.6. The molecule has 10 rings (SSSR count). The van der Waals surface area contributed by atoms with Crippen molar-refractivity contribution >= 4 is 21.5 Å². The highest BCUT2D eigenvalue weighted by atomic mass is 16.3. The molecule has 0 radical (unpaired) electrons. The second-order valence-electron chi connectivity index (χ2n) is 13.4.